The molecule has 2 heterocycles. The number of carbonyl (C=O) groups excluding carboxylic acids is 1. The van der Waals surface area contributed by atoms with Crippen molar-refractivity contribution in [3.63, 3.8) is 0 Å². The molecule has 2 atom stereocenters. The maximum absolute atomic E-state index is 13.8. The molecule has 34 heavy (non-hydrogen) atoms. The molecule has 0 N–H and O–H groups in total. The predicted octanol–water partition coefficient (Wildman–Crippen LogP) is 5.82. The first-order valence-corrected chi connectivity index (χ1v) is 12.6. The lowest BCUT2D eigenvalue weighted by Gasteiger charge is -2.27. The van der Waals surface area contributed by atoms with E-state index in [4.69, 9.17) is 9.72 Å². The number of aromatic nitrogens is 1. The molecule has 2 aliphatic rings. The minimum atomic E-state index is -2.93. The number of aryl methyl sites for hydroxylation is 3. The van der Waals surface area contributed by atoms with E-state index in [1.807, 2.05) is 0 Å². The van der Waals surface area contributed by atoms with Crippen LogP contribution in [0.1, 0.15) is 80.1 Å². The van der Waals surface area contributed by atoms with Gasteiger partial charge in [0.1, 0.15) is 0 Å². The second kappa shape index (κ2) is 11.0. The summed E-state index contributed by atoms with van der Waals surface area (Å²) in [5.74, 6) is -2.96. The second-order valence-electron chi connectivity index (χ2n) is 9.88. The fourth-order valence-electron chi connectivity index (χ4n) is 5.23. The first-order valence-electron chi connectivity index (χ1n) is 12.6. The highest BCUT2D eigenvalue weighted by atomic mass is 19.3. The summed E-state index contributed by atoms with van der Waals surface area (Å²) in [6, 6.07) is 10.2. The number of likely N-dealkylation sites (tertiary alicyclic amines) is 1. The molecule has 1 fully saturated rings. The van der Waals surface area contributed by atoms with E-state index in [0.29, 0.717) is 18.7 Å². The van der Waals surface area contributed by atoms with Crippen LogP contribution in [0, 0.1) is 0 Å². The third kappa shape index (κ3) is 6.28. The maximum atomic E-state index is 13.8. The van der Waals surface area contributed by atoms with Crippen LogP contribution in [-0.2, 0) is 34.7 Å². The first-order chi connectivity index (χ1) is 16.3. The molecular weight excluding hydrogens is 434 g/mol. The Bertz CT molecular complexity index is 989. The molecule has 0 unspecified atom stereocenters. The van der Waals surface area contributed by atoms with Crippen LogP contribution < -0.4 is 0 Å². The highest BCUT2D eigenvalue weighted by Gasteiger charge is 2.33. The summed E-state index contributed by atoms with van der Waals surface area (Å²) in [4.78, 5) is 19.4. The molecule has 6 heteroatoms. The summed E-state index contributed by atoms with van der Waals surface area (Å²) in [5, 5.41) is 0. The van der Waals surface area contributed by atoms with E-state index in [1.165, 1.54) is 48.8 Å². The van der Waals surface area contributed by atoms with Crippen LogP contribution in [0.2, 0.25) is 0 Å². The molecular formula is C28H36F2N2O2. The molecule has 4 nitrogen and oxygen atoms in total. The van der Waals surface area contributed by atoms with Crippen molar-refractivity contribution >= 4 is 5.78 Å². The number of unbranched alkanes of at least 4 members (excludes halogenated alkanes) is 1. The number of hydrogen-bond acceptors (Lipinski definition) is 4. The number of ketones is 1. The van der Waals surface area contributed by atoms with E-state index in [9.17, 15) is 13.6 Å². The largest absolute Gasteiger partial charge is 0.377 e. The third-order valence-corrected chi connectivity index (χ3v) is 7.05. The normalized spacial score (nSPS) is 19.7. The van der Waals surface area contributed by atoms with E-state index in [1.54, 1.807) is 12.1 Å². The van der Waals surface area contributed by atoms with Crippen molar-refractivity contribution in [1.29, 1.82) is 0 Å². The van der Waals surface area contributed by atoms with Gasteiger partial charge in [-0.15, -0.1) is 0 Å². The van der Waals surface area contributed by atoms with E-state index < -0.39 is 12.0 Å². The average Bonchev–Trinajstić information content (AvgIpc) is 3.26. The Morgan fingerprint density at radius 1 is 1.21 bits per heavy atom. The van der Waals surface area contributed by atoms with E-state index in [2.05, 4.69) is 17.0 Å². The molecule has 1 aliphatic heterocycles. The number of hydrogen-bond donors (Lipinski definition) is 0. The molecule has 1 aromatic carbocycles. The van der Waals surface area contributed by atoms with Crippen LogP contribution in [0.4, 0.5) is 8.78 Å². The molecule has 0 amide bonds. The van der Waals surface area contributed by atoms with Crippen molar-refractivity contribution in [2.75, 3.05) is 19.7 Å². The molecule has 0 radical (unpaired) electrons. The van der Waals surface area contributed by atoms with Crippen molar-refractivity contribution in [3.8, 4) is 0 Å². The van der Waals surface area contributed by atoms with Crippen molar-refractivity contribution in [2.24, 2.45) is 0 Å². The summed E-state index contributed by atoms with van der Waals surface area (Å²) < 4.78 is 33.7. The van der Waals surface area contributed by atoms with Gasteiger partial charge in [0, 0.05) is 43.6 Å². The maximum Gasteiger partial charge on any atom is 0.270 e. The van der Waals surface area contributed by atoms with Gasteiger partial charge >= 0.3 is 0 Å². The molecule has 4 rings (SSSR count). The van der Waals surface area contributed by atoms with Gasteiger partial charge in [0.05, 0.1) is 12.1 Å². The number of pyridine rings is 1. The number of alkyl halides is 2. The molecule has 0 bridgehead atoms. The number of rotatable bonds is 10. The molecule has 184 valence electrons. The number of nitrogens with zero attached hydrogens (tertiary/aromatic N) is 2. The van der Waals surface area contributed by atoms with Gasteiger partial charge in [-0.25, -0.2) is 8.78 Å². The summed E-state index contributed by atoms with van der Waals surface area (Å²) in [6.07, 6.45) is 8.69. The SMILES string of the molecule is CC(=O)[C@H](c1cccc(C(C)(F)F)c1)N1CC[C@@H](OCCCCc2ccc3c(n2)CCCC3)C1. The highest BCUT2D eigenvalue weighted by molar-refractivity contribution is 5.83. The molecule has 1 aliphatic carbocycles. The first kappa shape index (κ1) is 24.9. The van der Waals surface area contributed by atoms with Crippen LogP contribution in [0.25, 0.3) is 0 Å². The molecule has 0 saturated carbocycles. The lowest BCUT2D eigenvalue weighted by atomic mass is 9.95. The number of halogens is 2. The van der Waals surface area contributed by atoms with Gasteiger partial charge in [0.15, 0.2) is 5.78 Å². The fourth-order valence-corrected chi connectivity index (χ4v) is 5.23. The topological polar surface area (TPSA) is 42.4 Å². The zero-order valence-corrected chi connectivity index (χ0v) is 20.4. The average molecular weight is 471 g/mol. The van der Waals surface area contributed by atoms with Crippen LogP contribution in [-0.4, -0.2) is 41.5 Å². The van der Waals surface area contributed by atoms with Crippen molar-refractivity contribution in [3.05, 3.63) is 64.5 Å². The Labute approximate surface area is 201 Å². The van der Waals surface area contributed by atoms with Crippen LogP contribution >= 0.6 is 0 Å². The fraction of sp³-hybridized carbons (Fsp3) is 0.571. The zero-order chi connectivity index (χ0) is 24.1. The lowest BCUT2D eigenvalue weighted by molar-refractivity contribution is -0.122. The summed E-state index contributed by atoms with van der Waals surface area (Å²) in [6.45, 7) is 4.47. The molecule has 0 spiro atoms. The van der Waals surface area contributed by atoms with Gasteiger partial charge in [-0.1, -0.05) is 24.3 Å². The van der Waals surface area contributed by atoms with Gasteiger partial charge in [0.2, 0.25) is 0 Å². The quantitative estimate of drug-likeness (QED) is 0.411. The summed E-state index contributed by atoms with van der Waals surface area (Å²) in [7, 11) is 0. The Hall–Kier alpha value is -2.18. The third-order valence-electron chi connectivity index (χ3n) is 7.05. The monoisotopic (exact) mass is 470 g/mol. The van der Waals surface area contributed by atoms with Crippen molar-refractivity contribution in [2.45, 2.75) is 83.3 Å². The zero-order valence-electron chi connectivity index (χ0n) is 20.4. The minimum absolute atomic E-state index is 0.0326. The summed E-state index contributed by atoms with van der Waals surface area (Å²) >= 11 is 0. The van der Waals surface area contributed by atoms with Crippen LogP contribution in [0.3, 0.4) is 0 Å². The number of ether oxygens (including phenoxy) is 1. The lowest BCUT2D eigenvalue weighted by Crippen LogP contribution is -2.32. The van der Waals surface area contributed by atoms with Crippen molar-refractivity contribution in [1.82, 2.24) is 9.88 Å². The van der Waals surface area contributed by atoms with E-state index >= 15 is 0 Å². The van der Waals surface area contributed by atoms with Gasteiger partial charge < -0.3 is 4.74 Å². The Morgan fingerprint density at radius 3 is 2.82 bits per heavy atom. The highest BCUT2D eigenvalue weighted by Crippen LogP contribution is 2.32. The van der Waals surface area contributed by atoms with E-state index in [0.717, 1.165) is 52.0 Å². The Kier molecular flexibility index (Phi) is 8.10. The number of Topliss-reactive ketones (excluding diaryl/α,β-unsaturated/α-hetero) is 1. The standard InChI is InChI=1S/C28H36F2N2O2/c1-20(33)27(22-9-7-10-23(18-22)28(2,29)30)32-16-15-25(19-32)34-17-6-5-11-24-14-13-21-8-3-4-12-26(21)31-24/h7,9-10,13-14,18,25,27H,3-6,8,11-12,15-17,19H2,1-2H3/t25-,27-/m1/s1. The predicted molar refractivity (Wildman–Crippen MR) is 129 cm³/mol. The van der Waals surface area contributed by atoms with Gasteiger partial charge in [-0.2, -0.15) is 0 Å². The number of carbonyl (C=O) groups is 1. The number of benzene rings is 1. The van der Waals surface area contributed by atoms with Crippen molar-refractivity contribution < 1.29 is 18.3 Å². The smallest absolute Gasteiger partial charge is 0.270 e. The molecule has 2 aromatic rings. The van der Waals surface area contributed by atoms with Crippen LogP contribution in [0.5, 0.6) is 0 Å². The Balaban J connectivity index is 1.24. The molecule has 1 saturated heterocycles. The molecule has 1 aromatic heterocycles. The van der Waals surface area contributed by atoms with Gasteiger partial charge in [-0.05, 0) is 81.5 Å². The minimum Gasteiger partial charge on any atom is -0.377 e. The van der Waals surface area contributed by atoms with Gasteiger partial charge in [0.25, 0.3) is 5.92 Å². The van der Waals surface area contributed by atoms with Crippen LogP contribution in [0.15, 0.2) is 36.4 Å². The number of fused-ring (bicyclic) bond motifs is 1. The Morgan fingerprint density at radius 2 is 2.03 bits per heavy atom. The van der Waals surface area contributed by atoms with E-state index in [-0.39, 0.29) is 17.5 Å². The second-order valence-corrected chi connectivity index (χ2v) is 9.88. The van der Waals surface area contributed by atoms with Gasteiger partial charge in [-0.3, -0.25) is 14.7 Å². The summed E-state index contributed by atoms with van der Waals surface area (Å²) in [5.41, 5.74) is 4.46.